The van der Waals surface area contributed by atoms with E-state index in [2.05, 4.69) is 15.5 Å². The summed E-state index contributed by atoms with van der Waals surface area (Å²) in [7, 11) is 1.63. The smallest absolute Gasteiger partial charge is 0.277 e. The molecule has 0 atom stereocenters. The summed E-state index contributed by atoms with van der Waals surface area (Å²) in [6.07, 6.45) is 0.519. The zero-order chi connectivity index (χ0) is 19.2. The number of carbonyl (C=O) groups excluding carboxylic acids is 1. The van der Waals surface area contributed by atoms with Crippen LogP contribution < -0.4 is 10.1 Å². The lowest BCUT2D eigenvalue weighted by molar-refractivity contribution is -0.113. The number of ether oxygens (including phenoxy) is 1. The molecule has 8 heteroatoms. The van der Waals surface area contributed by atoms with Crippen LogP contribution >= 0.6 is 23.4 Å². The largest absolute Gasteiger partial charge is 0.497 e. The molecule has 0 aliphatic heterocycles. The molecular formula is C19H18ClN3O3S. The Morgan fingerprint density at radius 3 is 2.74 bits per heavy atom. The molecule has 0 saturated carbocycles. The Balaban J connectivity index is 1.52. The molecule has 0 unspecified atom stereocenters. The Hall–Kier alpha value is -2.51. The van der Waals surface area contributed by atoms with Crippen LogP contribution in [0.2, 0.25) is 5.02 Å². The third kappa shape index (κ3) is 5.24. The zero-order valence-corrected chi connectivity index (χ0v) is 16.4. The van der Waals surface area contributed by atoms with E-state index in [0.29, 0.717) is 28.2 Å². The summed E-state index contributed by atoms with van der Waals surface area (Å²) in [5, 5.41) is 11.8. The zero-order valence-electron chi connectivity index (χ0n) is 14.9. The molecule has 0 spiro atoms. The number of anilines is 1. The van der Waals surface area contributed by atoms with Gasteiger partial charge in [0.1, 0.15) is 5.75 Å². The minimum atomic E-state index is -0.166. The predicted molar refractivity (Wildman–Crippen MR) is 106 cm³/mol. The number of methoxy groups -OCH3 is 1. The summed E-state index contributed by atoms with van der Waals surface area (Å²) < 4.78 is 10.7. The van der Waals surface area contributed by atoms with Crippen LogP contribution in [0.1, 0.15) is 17.0 Å². The highest BCUT2D eigenvalue weighted by Gasteiger charge is 2.12. The van der Waals surface area contributed by atoms with Crippen molar-refractivity contribution in [3.63, 3.8) is 0 Å². The number of benzene rings is 2. The quantitative estimate of drug-likeness (QED) is 0.590. The normalized spacial score (nSPS) is 10.6. The van der Waals surface area contributed by atoms with Crippen LogP contribution in [0.15, 0.2) is 52.1 Å². The topological polar surface area (TPSA) is 77.2 Å². The van der Waals surface area contributed by atoms with Gasteiger partial charge < -0.3 is 14.5 Å². The second kappa shape index (κ2) is 8.92. The fraction of sp³-hybridized carbons (Fsp3) is 0.211. The van der Waals surface area contributed by atoms with E-state index in [1.54, 1.807) is 19.2 Å². The molecule has 2 aromatic carbocycles. The number of halogens is 1. The fourth-order valence-electron chi connectivity index (χ4n) is 2.34. The van der Waals surface area contributed by atoms with Crippen LogP contribution in [0.4, 0.5) is 5.69 Å². The number of aromatic nitrogens is 2. The van der Waals surface area contributed by atoms with Gasteiger partial charge in [0, 0.05) is 10.7 Å². The van der Waals surface area contributed by atoms with E-state index in [9.17, 15) is 4.79 Å². The van der Waals surface area contributed by atoms with Gasteiger partial charge in [-0.15, -0.1) is 10.2 Å². The minimum absolute atomic E-state index is 0.163. The van der Waals surface area contributed by atoms with Crippen molar-refractivity contribution in [2.75, 3.05) is 18.2 Å². The molecule has 0 aliphatic carbocycles. The summed E-state index contributed by atoms with van der Waals surface area (Å²) in [4.78, 5) is 12.1. The lowest BCUT2D eigenvalue weighted by atomic mass is 10.1. The molecule has 6 nitrogen and oxygen atoms in total. The third-order valence-corrected chi connectivity index (χ3v) is 5.06. The van der Waals surface area contributed by atoms with Crippen molar-refractivity contribution in [2.24, 2.45) is 0 Å². The van der Waals surface area contributed by atoms with Crippen LogP contribution in [0.5, 0.6) is 5.75 Å². The van der Waals surface area contributed by atoms with E-state index in [1.807, 2.05) is 37.3 Å². The van der Waals surface area contributed by atoms with Crippen LogP contribution in [-0.4, -0.2) is 29.0 Å². The molecule has 0 aliphatic rings. The summed E-state index contributed by atoms with van der Waals surface area (Å²) in [6.45, 7) is 1.86. The molecule has 1 amide bonds. The van der Waals surface area contributed by atoms with E-state index in [0.717, 1.165) is 16.9 Å². The van der Waals surface area contributed by atoms with Crippen molar-refractivity contribution in [2.45, 2.75) is 18.6 Å². The Kier molecular flexibility index (Phi) is 6.36. The molecule has 0 radical (unpaired) electrons. The SMILES string of the molecule is COc1ccc(Cc2nnc(SCC(=O)Nc3cccc(Cl)c3C)o2)cc1. The van der Waals surface area contributed by atoms with Crippen molar-refractivity contribution in [3.05, 3.63) is 64.5 Å². The summed E-state index contributed by atoms with van der Waals surface area (Å²) in [5.74, 6) is 1.28. The maximum atomic E-state index is 12.1. The second-order valence-corrected chi connectivity index (χ2v) is 7.07. The van der Waals surface area contributed by atoms with Gasteiger partial charge in [-0.1, -0.05) is 41.6 Å². The summed E-state index contributed by atoms with van der Waals surface area (Å²) in [5.41, 5.74) is 2.56. The number of amides is 1. The fourth-order valence-corrected chi connectivity index (χ4v) is 3.10. The van der Waals surface area contributed by atoms with Crippen molar-refractivity contribution in [1.29, 1.82) is 0 Å². The summed E-state index contributed by atoms with van der Waals surface area (Å²) in [6, 6.07) is 13.0. The highest BCUT2D eigenvalue weighted by molar-refractivity contribution is 7.99. The number of thioether (sulfide) groups is 1. The van der Waals surface area contributed by atoms with E-state index in [-0.39, 0.29) is 11.7 Å². The Labute approximate surface area is 166 Å². The minimum Gasteiger partial charge on any atom is -0.497 e. The average molecular weight is 404 g/mol. The molecule has 0 fully saturated rings. The maximum Gasteiger partial charge on any atom is 0.277 e. The first-order chi connectivity index (χ1) is 13.0. The van der Waals surface area contributed by atoms with Crippen molar-refractivity contribution < 1.29 is 13.9 Å². The Morgan fingerprint density at radius 2 is 2.00 bits per heavy atom. The lowest BCUT2D eigenvalue weighted by Gasteiger charge is -2.08. The standard InChI is InChI=1S/C19H18ClN3O3S/c1-12-15(20)4-3-5-16(12)21-17(24)11-27-19-23-22-18(26-19)10-13-6-8-14(25-2)9-7-13/h3-9H,10-11H2,1-2H3,(H,21,24). The van der Waals surface area contributed by atoms with Gasteiger partial charge in [0.25, 0.3) is 5.22 Å². The number of nitrogens with one attached hydrogen (secondary N) is 1. The van der Waals surface area contributed by atoms with Crippen LogP contribution in [0.3, 0.4) is 0 Å². The van der Waals surface area contributed by atoms with E-state index in [4.69, 9.17) is 20.8 Å². The lowest BCUT2D eigenvalue weighted by Crippen LogP contribution is -2.14. The molecule has 0 saturated heterocycles. The highest BCUT2D eigenvalue weighted by Crippen LogP contribution is 2.24. The first-order valence-electron chi connectivity index (χ1n) is 8.18. The molecule has 27 heavy (non-hydrogen) atoms. The molecule has 3 rings (SSSR count). The molecule has 0 bridgehead atoms. The van der Waals surface area contributed by atoms with Gasteiger partial charge in [0.2, 0.25) is 11.8 Å². The Morgan fingerprint density at radius 1 is 1.22 bits per heavy atom. The first-order valence-corrected chi connectivity index (χ1v) is 9.54. The first kappa shape index (κ1) is 19.3. The van der Waals surface area contributed by atoms with Gasteiger partial charge in [0.15, 0.2) is 0 Å². The second-order valence-electron chi connectivity index (χ2n) is 5.74. The summed E-state index contributed by atoms with van der Waals surface area (Å²) >= 11 is 7.25. The maximum absolute atomic E-state index is 12.1. The van der Waals surface area contributed by atoms with Crippen LogP contribution in [0, 0.1) is 6.92 Å². The number of rotatable bonds is 7. The number of hydrogen-bond donors (Lipinski definition) is 1. The van der Waals surface area contributed by atoms with Crippen LogP contribution in [0.25, 0.3) is 0 Å². The molecule has 3 aromatic rings. The third-order valence-electron chi connectivity index (χ3n) is 3.83. The van der Waals surface area contributed by atoms with Gasteiger partial charge in [-0.25, -0.2) is 0 Å². The molecule has 1 heterocycles. The monoisotopic (exact) mass is 403 g/mol. The van der Waals surface area contributed by atoms with Crippen molar-refractivity contribution in [1.82, 2.24) is 10.2 Å². The van der Waals surface area contributed by atoms with Crippen molar-refractivity contribution >= 4 is 35.0 Å². The molecular weight excluding hydrogens is 386 g/mol. The van der Waals surface area contributed by atoms with Gasteiger partial charge in [-0.05, 0) is 42.3 Å². The van der Waals surface area contributed by atoms with Crippen molar-refractivity contribution in [3.8, 4) is 5.75 Å². The van der Waals surface area contributed by atoms with E-state index >= 15 is 0 Å². The molecule has 140 valence electrons. The number of carbonyl (C=O) groups is 1. The molecule has 1 aromatic heterocycles. The Bertz CT molecular complexity index is 928. The molecule has 1 N–H and O–H groups in total. The average Bonchev–Trinajstić information content (AvgIpc) is 3.12. The van der Waals surface area contributed by atoms with Gasteiger partial charge in [-0.3, -0.25) is 4.79 Å². The van der Waals surface area contributed by atoms with Gasteiger partial charge in [-0.2, -0.15) is 0 Å². The van der Waals surface area contributed by atoms with Gasteiger partial charge in [0.05, 0.1) is 19.3 Å². The number of hydrogen-bond acceptors (Lipinski definition) is 6. The van der Waals surface area contributed by atoms with Gasteiger partial charge >= 0.3 is 0 Å². The predicted octanol–water partition coefficient (Wildman–Crippen LogP) is 4.36. The van der Waals surface area contributed by atoms with E-state index in [1.165, 1.54) is 11.8 Å². The number of nitrogens with zero attached hydrogens (tertiary/aromatic N) is 2. The van der Waals surface area contributed by atoms with Crippen LogP contribution in [-0.2, 0) is 11.2 Å². The highest BCUT2D eigenvalue weighted by atomic mass is 35.5. The van der Waals surface area contributed by atoms with E-state index < -0.39 is 0 Å².